The lowest BCUT2D eigenvalue weighted by atomic mass is 9.76. The van der Waals surface area contributed by atoms with E-state index in [4.69, 9.17) is 0 Å². The first-order chi connectivity index (χ1) is 9.08. The summed E-state index contributed by atoms with van der Waals surface area (Å²) in [5, 5.41) is 10.8. The molecule has 1 atom stereocenters. The van der Waals surface area contributed by atoms with Crippen LogP contribution in [0.3, 0.4) is 0 Å². The van der Waals surface area contributed by atoms with Gasteiger partial charge in [-0.2, -0.15) is 0 Å². The van der Waals surface area contributed by atoms with Gasteiger partial charge in [0.1, 0.15) is 5.82 Å². The summed E-state index contributed by atoms with van der Waals surface area (Å²) in [6, 6.07) is 12.6. The van der Waals surface area contributed by atoms with Crippen LogP contribution in [0, 0.1) is 5.82 Å². The van der Waals surface area contributed by atoms with Crippen molar-refractivity contribution in [2.24, 2.45) is 0 Å². The average molecular weight is 321 g/mol. The van der Waals surface area contributed by atoms with Crippen LogP contribution in [0.25, 0.3) is 0 Å². The molecule has 0 bridgehead atoms. The van der Waals surface area contributed by atoms with Gasteiger partial charge in [-0.3, -0.25) is 0 Å². The molecule has 0 amide bonds. The summed E-state index contributed by atoms with van der Waals surface area (Å²) in [5.41, 5.74) is 1.64. The zero-order valence-electron chi connectivity index (χ0n) is 10.4. The van der Waals surface area contributed by atoms with Crippen molar-refractivity contribution in [3.63, 3.8) is 0 Å². The molecule has 1 N–H and O–H groups in total. The Bertz CT molecular complexity index is 626. The second kappa shape index (κ2) is 4.73. The number of rotatable bonds is 1. The highest BCUT2D eigenvalue weighted by atomic mass is 79.9. The van der Waals surface area contributed by atoms with E-state index in [0.29, 0.717) is 18.4 Å². The predicted octanol–water partition coefficient (Wildman–Crippen LogP) is 3.96. The fourth-order valence-electron chi connectivity index (χ4n) is 2.81. The molecular weight excluding hydrogens is 307 g/mol. The van der Waals surface area contributed by atoms with Crippen LogP contribution >= 0.6 is 15.9 Å². The predicted molar refractivity (Wildman–Crippen MR) is 76.5 cm³/mol. The number of aryl methyl sites for hydroxylation is 1. The molecule has 0 saturated heterocycles. The first-order valence-corrected chi connectivity index (χ1v) is 7.12. The van der Waals surface area contributed by atoms with Gasteiger partial charge in [-0.05, 0) is 42.2 Å². The van der Waals surface area contributed by atoms with Crippen molar-refractivity contribution < 1.29 is 9.50 Å². The highest BCUT2D eigenvalue weighted by Crippen LogP contribution is 2.38. The average Bonchev–Trinajstić information content (AvgIpc) is 2.40. The molecule has 1 unspecified atom stereocenters. The fourth-order valence-corrected chi connectivity index (χ4v) is 3.22. The third-order valence-corrected chi connectivity index (χ3v) is 4.33. The number of benzene rings is 2. The lowest BCUT2D eigenvalue weighted by Crippen LogP contribution is -2.34. The van der Waals surface area contributed by atoms with Crippen LogP contribution in [0.1, 0.15) is 23.1 Å². The quantitative estimate of drug-likeness (QED) is 0.843. The molecule has 1 nitrogen and oxygen atoms in total. The van der Waals surface area contributed by atoms with Crippen molar-refractivity contribution in [2.75, 3.05) is 0 Å². The van der Waals surface area contributed by atoms with Gasteiger partial charge in [-0.15, -0.1) is 0 Å². The van der Waals surface area contributed by atoms with E-state index in [9.17, 15) is 9.50 Å². The maximum absolute atomic E-state index is 13.9. The van der Waals surface area contributed by atoms with Crippen molar-refractivity contribution in [3.8, 4) is 0 Å². The van der Waals surface area contributed by atoms with Gasteiger partial charge in [-0.1, -0.05) is 40.2 Å². The monoisotopic (exact) mass is 320 g/mol. The van der Waals surface area contributed by atoms with Crippen LogP contribution in [-0.2, 0) is 18.4 Å². The molecule has 2 aromatic rings. The lowest BCUT2D eigenvalue weighted by molar-refractivity contribution is 0.0188. The lowest BCUT2D eigenvalue weighted by Gasteiger charge is -2.34. The Labute approximate surface area is 120 Å². The topological polar surface area (TPSA) is 20.2 Å². The zero-order chi connectivity index (χ0) is 13.5. The summed E-state index contributed by atoms with van der Waals surface area (Å²) >= 11 is 3.45. The Morgan fingerprint density at radius 2 is 1.89 bits per heavy atom. The molecule has 1 aliphatic rings. The molecule has 0 radical (unpaired) electrons. The maximum Gasteiger partial charge on any atom is 0.129 e. The number of fused-ring (bicyclic) bond motifs is 1. The molecule has 19 heavy (non-hydrogen) atoms. The molecular formula is C16H14BrFO. The van der Waals surface area contributed by atoms with Crippen molar-refractivity contribution >= 4 is 15.9 Å². The van der Waals surface area contributed by atoms with Crippen LogP contribution in [0.15, 0.2) is 46.9 Å². The molecule has 0 heterocycles. The summed E-state index contributed by atoms with van der Waals surface area (Å²) in [6.45, 7) is 0. The first-order valence-electron chi connectivity index (χ1n) is 6.33. The number of aliphatic hydroxyl groups is 1. The minimum Gasteiger partial charge on any atom is -0.385 e. The van der Waals surface area contributed by atoms with Crippen LogP contribution in [0.4, 0.5) is 4.39 Å². The molecule has 98 valence electrons. The molecule has 3 rings (SSSR count). The molecule has 2 aromatic carbocycles. The molecule has 0 aliphatic heterocycles. The Morgan fingerprint density at radius 1 is 1.11 bits per heavy atom. The summed E-state index contributed by atoms with van der Waals surface area (Å²) in [4.78, 5) is 0. The van der Waals surface area contributed by atoms with E-state index in [1.807, 2.05) is 12.1 Å². The minimum absolute atomic E-state index is 0.328. The van der Waals surface area contributed by atoms with Crippen LogP contribution < -0.4 is 0 Å². The number of halogens is 2. The summed E-state index contributed by atoms with van der Waals surface area (Å²) in [6.07, 6.45) is 1.79. The van der Waals surface area contributed by atoms with Crippen LogP contribution in [0.5, 0.6) is 0 Å². The van der Waals surface area contributed by atoms with E-state index in [1.54, 1.807) is 18.2 Å². The second-order valence-electron chi connectivity index (χ2n) is 5.10. The third-order valence-electron chi connectivity index (χ3n) is 3.83. The van der Waals surface area contributed by atoms with Gasteiger partial charge in [0.05, 0.1) is 5.60 Å². The van der Waals surface area contributed by atoms with Gasteiger partial charge < -0.3 is 5.11 Å². The van der Waals surface area contributed by atoms with E-state index in [-0.39, 0.29) is 5.82 Å². The van der Waals surface area contributed by atoms with Gasteiger partial charge in [-0.25, -0.2) is 4.39 Å². The van der Waals surface area contributed by atoms with E-state index >= 15 is 0 Å². The Balaban J connectivity index is 2.01. The molecule has 0 aromatic heterocycles. The Hall–Kier alpha value is -1.19. The number of hydrogen-bond donors (Lipinski definition) is 1. The van der Waals surface area contributed by atoms with Gasteiger partial charge in [0.25, 0.3) is 0 Å². The maximum atomic E-state index is 13.9. The van der Waals surface area contributed by atoms with Crippen molar-refractivity contribution in [3.05, 3.63) is 69.4 Å². The molecule has 1 aliphatic carbocycles. The van der Waals surface area contributed by atoms with Gasteiger partial charge >= 0.3 is 0 Å². The largest absolute Gasteiger partial charge is 0.385 e. The molecule has 0 fully saturated rings. The molecule has 0 saturated carbocycles. The van der Waals surface area contributed by atoms with E-state index in [1.165, 1.54) is 11.6 Å². The highest BCUT2D eigenvalue weighted by Gasteiger charge is 2.35. The summed E-state index contributed by atoms with van der Waals surface area (Å²) < 4.78 is 14.9. The molecule has 0 spiro atoms. The van der Waals surface area contributed by atoms with Crippen molar-refractivity contribution in [2.45, 2.75) is 24.9 Å². The normalized spacial score (nSPS) is 22.1. The van der Waals surface area contributed by atoms with Crippen LogP contribution in [-0.4, -0.2) is 5.11 Å². The van der Waals surface area contributed by atoms with E-state index in [2.05, 4.69) is 22.0 Å². The van der Waals surface area contributed by atoms with Gasteiger partial charge in [0.15, 0.2) is 0 Å². The number of hydrogen-bond acceptors (Lipinski definition) is 1. The first kappa shape index (κ1) is 12.8. The molecule has 3 heteroatoms. The fraction of sp³-hybridized carbons (Fsp3) is 0.250. The standard InChI is InChI=1S/C16H14BrFO/c17-13-6-5-12-10-16(19,8-7-11(12)9-13)14-3-1-2-4-15(14)18/h1-6,9,19H,7-8,10H2. The SMILES string of the molecule is OC1(c2ccccc2F)CCc2cc(Br)ccc2C1. The van der Waals surface area contributed by atoms with Crippen molar-refractivity contribution in [1.29, 1.82) is 0 Å². The second-order valence-corrected chi connectivity index (χ2v) is 6.02. The van der Waals surface area contributed by atoms with Gasteiger partial charge in [0.2, 0.25) is 0 Å². The Morgan fingerprint density at radius 3 is 2.68 bits per heavy atom. The van der Waals surface area contributed by atoms with Gasteiger partial charge in [0, 0.05) is 16.5 Å². The van der Waals surface area contributed by atoms with Crippen LogP contribution in [0.2, 0.25) is 0 Å². The minimum atomic E-state index is -1.09. The smallest absolute Gasteiger partial charge is 0.129 e. The zero-order valence-corrected chi connectivity index (χ0v) is 12.0. The Kier molecular flexibility index (Phi) is 3.19. The van der Waals surface area contributed by atoms with E-state index < -0.39 is 5.60 Å². The van der Waals surface area contributed by atoms with Crippen molar-refractivity contribution in [1.82, 2.24) is 0 Å². The summed E-state index contributed by atoms with van der Waals surface area (Å²) in [5.74, 6) is -0.328. The third kappa shape index (κ3) is 2.33. The van der Waals surface area contributed by atoms with E-state index in [0.717, 1.165) is 16.5 Å². The highest BCUT2D eigenvalue weighted by molar-refractivity contribution is 9.10. The summed E-state index contributed by atoms with van der Waals surface area (Å²) in [7, 11) is 0.